The summed E-state index contributed by atoms with van der Waals surface area (Å²) in [5, 5.41) is 3.18. The average Bonchev–Trinajstić information content (AvgIpc) is 3.61. The van der Waals surface area contributed by atoms with E-state index in [4.69, 9.17) is 4.74 Å². The third-order valence-corrected chi connectivity index (χ3v) is 6.43. The molecular formula is C25H30F3N3O3. The number of aryl methyl sites for hydroxylation is 1. The Morgan fingerprint density at radius 1 is 1.18 bits per heavy atom. The number of carbonyl (C=O) groups excluding carboxylic acids is 2. The molecule has 6 nitrogen and oxygen atoms in total. The molecule has 1 aliphatic carbocycles. The Labute approximate surface area is 196 Å². The Bertz CT molecular complexity index is 1100. The van der Waals surface area contributed by atoms with E-state index in [1.54, 1.807) is 31.7 Å². The number of piperidine rings is 1. The lowest BCUT2D eigenvalue weighted by Crippen LogP contribution is -2.50. The summed E-state index contributed by atoms with van der Waals surface area (Å²) < 4.78 is 46.9. The predicted molar refractivity (Wildman–Crippen MR) is 122 cm³/mol. The van der Waals surface area contributed by atoms with E-state index in [1.807, 2.05) is 0 Å². The second-order valence-corrected chi connectivity index (χ2v) is 9.55. The Morgan fingerprint density at radius 3 is 2.56 bits per heavy atom. The highest BCUT2D eigenvalue weighted by atomic mass is 19.4. The van der Waals surface area contributed by atoms with Crippen molar-refractivity contribution >= 4 is 22.9 Å². The van der Waals surface area contributed by atoms with Gasteiger partial charge in [-0.2, -0.15) is 13.2 Å². The number of benzene rings is 1. The van der Waals surface area contributed by atoms with Crippen LogP contribution in [0.3, 0.4) is 0 Å². The number of halogens is 3. The maximum atomic E-state index is 13.9. The van der Waals surface area contributed by atoms with Crippen LogP contribution in [0.1, 0.15) is 79.0 Å². The Morgan fingerprint density at radius 2 is 1.91 bits per heavy atom. The molecule has 1 aliphatic heterocycles. The molecule has 34 heavy (non-hydrogen) atoms. The summed E-state index contributed by atoms with van der Waals surface area (Å²) >= 11 is 0. The van der Waals surface area contributed by atoms with Crippen molar-refractivity contribution < 1.29 is 27.5 Å². The second-order valence-electron chi connectivity index (χ2n) is 9.55. The molecule has 1 saturated carbocycles. The maximum absolute atomic E-state index is 13.9. The molecule has 2 fully saturated rings. The second kappa shape index (κ2) is 9.43. The van der Waals surface area contributed by atoms with Gasteiger partial charge in [-0.3, -0.25) is 4.79 Å². The zero-order valence-corrected chi connectivity index (χ0v) is 19.7. The van der Waals surface area contributed by atoms with Gasteiger partial charge in [0.25, 0.3) is 5.91 Å². The SMILES string of the molecule is Cc1cc(C(=O)NCC2CCCCN2C(=O)OC(C)C)nc2c(C(F)(F)F)cc(C3CC3)cc12. The molecule has 0 radical (unpaired) electrons. The molecule has 1 saturated heterocycles. The fourth-order valence-corrected chi connectivity index (χ4v) is 4.52. The largest absolute Gasteiger partial charge is 0.447 e. The van der Waals surface area contributed by atoms with Gasteiger partial charge in [-0.15, -0.1) is 0 Å². The summed E-state index contributed by atoms with van der Waals surface area (Å²) in [5.41, 5.74) is 0.165. The van der Waals surface area contributed by atoms with Crippen LogP contribution < -0.4 is 5.32 Å². The van der Waals surface area contributed by atoms with E-state index < -0.39 is 23.7 Å². The highest BCUT2D eigenvalue weighted by Crippen LogP contribution is 2.44. The van der Waals surface area contributed by atoms with Crippen molar-refractivity contribution in [3.05, 3.63) is 40.6 Å². The van der Waals surface area contributed by atoms with Crippen LogP contribution in [0.2, 0.25) is 0 Å². The van der Waals surface area contributed by atoms with Crippen molar-refractivity contribution in [3.8, 4) is 0 Å². The summed E-state index contributed by atoms with van der Waals surface area (Å²) in [7, 11) is 0. The molecule has 1 N–H and O–H groups in total. The molecule has 2 aliphatic rings. The minimum absolute atomic E-state index is 0.0678. The standard InChI is InChI=1S/C25H30F3N3O3/c1-14(2)34-24(33)31-9-5-4-6-18(31)13-29-23(32)21-10-15(3)19-11-17(16-7-8-16)12-20(22(19)30-21)25(26,27)28/h10-12,14,16,18H,4-9,13H2,1-3H3,(H,29,32). The number of pyridine rings is 1. The smallest absolute Gasteiger partial charge is 0.418 e. The van der Waals surface area contributed by atoms with Crippen molar-refractivity contribution in [2.75, 3.05) is 13.1 Å². The van der Waals surface area contributed by atoms with Gasteiger partial charge in [0, 0.05) is 18.5 Å². The van der Waals surface area contributed by atoms with E-state index in [1.165, 1.54) is 12.1 Å². The Balaban J connectivity index is 1.56. The number of carbonyl (C=O) groups is 2. The van der Waals surface area contributed by atoms with Crippen LogP contribution in [-0.2, 0) is 10.9 Å². The third-order valence-electron chi connectivity index (χ3n) is 6.43. The molecule has 1 aromatic carbocycles. The van der Waals surface area contributed by atoms with Crippen LogP contribution >= 0.6 is 0 Å². The summed E-state index contributed by atoms with van der Waals surface area (Å²) in [5.74, 6) is -0.402. The number of nitrogens with zero attached hydrogens (tertiary/aromatic N) is 2. The molecule has 2 heterocycles. The molecule has 184 valence electrons. The first-order valence-corrected chi connectivity index (χ1v) is 11.8. The highest BCUT2D eigenvalue weighted by Gasteiger charge is 2.36. The van der Waals surface area contributed by atoms with E-state index >= 15 is 0 Å². The third kappa shape index (κ3) is 5.28. The van der Waals surface area contributed by atoms with Crippen LogP contribution in [0.25, 0.3) is 10.9 Å². The summed E-state index contributed by atoms with van der Waals surface area (Å²) in [6.07, 6.45) is -0.995. The number of rotatable bonds is 5. The van der Waals surface area contributed by atoms with Gasteiger partial charge < -0.3 is 15.0 Å². The quantitative estimate of drug-likeness (QED) is 0.611. The predicted octanol–water partition coefficient (Wildman–Crippen LogP) is 5.57. The fourth-order valence-electron chi connectivity index (χ4n) is 4.52. The van der Waals surface area contributed by atoms with E-state index in [0.29, 0.717) is 29.5 Å². The van der Waals surface area contributed by atoms with E-state index in [9.17, 15) is 22.8 Å². The molecule has 0 spiro atoms. The Hall–Kier alpha value is -2.84. The number of alkyl halides is 3. The van der Waals surface area contributed by atoms with Gasteiger partial charge in [0.15, 0.2) is 0 Å². The minimum Gasteiger partial charge on any atom is -0.447 e. The zero-order chi connectivity index (χ0) is 24.6. The van der Waals surface area contributed by atoms with Gasteiger partial charge >= 0.3 is 12.3 Å². The molecule has 0 bridgehead atoms. The molecule has 2 aromatic rings. The summed E-state index contributed by atoms with van der Waals surface area (Å²) in [6, 6.07) is 4.23. The van der Waals surface area contributed by atoms with E-state index in [0.717, 1.165) is 25.7 Å². The van der Waals surface area contributed by atoms with Crippen LogP contribution in [0.15, 0.2) is 18.2 Å². The van der Waals surface area contributed by atoms with Crippen LogP contribution in [0.4, 0.5) is 18.0 Å². The minimum atomic E-state index is -4.57. The van der Waals surface area contributed by atoms with Crippen molar-refractivity contribution in [3.63, 3.8) is 0 Å². The number of fused-ring (bicyclic) bond motifs is 1. The van der Waals surface area contributed by atoms with E-state index in [-0.39, 0.29) is 35.8 Å². The zero-order valence-electron chi connectivity index (χ0n) is 19.7. The average molecular weight is 478 g/mol. The molecular weight excluding hydrogens is 447 g/mol. The number of amides is 2. The lowest BCUT2D eigenvalue weighted by molar-refractivity contribution is -0.136. The fraction of sp³-hybridized carbons (Fsp3) is 0.560. The first kappa shape index (κ1) is 24.3. The monoisotopic (exact) mass is 477 g/mol. The number of likely N-dealkylation sites (tertiary alicyclic amines) is 1. The first-order chi connectivity index (χ1) is 16.0. The highest BCUT2D eigenvalue weighted by molar-refractivity contribution is 5.97. The van der Waals surface area contributed by atoms with Gasteiger partial charge in [0.05, 0.1) is 23.2 Å². The van der Waals surface area contributed by atoms with Crippen molar-refractivity contribution in [2.24, 2.45) is 0 Å². The van der Waals surface area contributed by atoms with Crippen molar-refractivity contribution in [1.29, 1.82) is 0 Å². The van der Waals surface area contributed by atoms with Gasteiger partial charge in [-0.25, -0.2) is 9.78 Å². The van der Waals surface area contributed by atoms with Crippen LogP contribution in [0, 0.1) is 6.92 Å². The topological polar surface area (TPSA) is 71.5 Å². The van der Waals surface area contributed by atoms with Crippen molar-refractivity contribution in [1.82, 2.24) is 15.2 Å². The van der Waals surface area contributed by atoms with Gasteiger partial charge in [0.2, 0.25) is 0 Å². The lowest BCUT2D eigenvalue weighted by Gasteiger charge is -2.35. The number of hydrogen-bond donors (Lipinski definition) is 1. The van der Waals surface area contributed by atoms with Gasteiger partial charge in [0.1, 0.15) is 5.69 Å². The number of hydrogen-bond acceptors (Lipinski definition) is 4. The summed E-state index contributed by atoms with van der Waals surface area (Å²) in [6.45, 7) is 5.96. The lowest BCUT2D eigenvalue weighted by atomic mass is 9.98. The van der Waals surface area contributed by atoms with Gasteiger partial charge in [-0.05, 0) is 88.1 Å². The molecule has 1 atom stereocenters. The summed E-state index contributed by atoms with van der Waals surface area (Å²) in [4.78, 5) is 31.1. The molecule has 4 rings (SSSR count). The van der Waals surface area contributed by atoms with Crippen LogP contribution in [0.5, 0.6) is 0 Å². The van der Waals surface area contributed by atoms with E-state index in [2.05, 4.69) is 10.3 Å². The van der Waals surface area contributed by atoms with Gasteiger partial charge in [-0.1, -0.05) is 0 Å². The molecule has 1 unspecified atom stereocenters. The molecule has 9 heteroatoms. The number of aromatic nitrogens is 1. The normalized spacial score (nSPS) is 18.9. The maximum Gasteiger partial charge on any atom is 0.418 e. The number of ether oxygens (including phenoxy) is 1. The molecule has 2 amide bonds. The Kier molecular flexibility index (Phi) is 6.73. The van der Waals surface area contributed by atoms with Crippen molar-refractivity contribution in [2.45, 2.75) is 77.1 Å². The molecule has 1 aromatic heterocycles. The first-order valence-electron chi connectivity index (χ1n) is 11.8. The number of nitrogens with one attached hydrogen (secondary N) is 1. The van der Waals surface area contributed by atoms with Crippen LogP contribution in [-0.4, -0.2) is 47.1 Å².